The summed E-state index contributed by atoms with van der Waals surface area (Å²) in [5.41, 5.74) is 0.625. The molecule has 0 aromatic heterocycles. The number of hydrogen-bond donors (Lipinski definition) is 0. The van der Waals surface area contributed by atoms with Crippen molar-refractivity contribution in [3.63, 3.8) is 0 Å². The van der Waals surface area contributed by atoms with Crippen molar-refractivity contribution in [1.82, 2.24) is 0 Å². The second-order valence-electron chi connectivity index (χ2n) is 1.22. The van der Waals surface area contributed by atoms with E-state index in [9.17, 15) is 0 Å². The van der Waals surface area contributed by atoms with Crippen LogP contribution in [0, 0.1) is 34.8 Å². The first kappa shape index (κ1) is 4.61. The van der Waals surface area contributed by atoms with E-state index in [4.69, 9.17) is 10.5 Å². The lowest BCUT2D eigenvalue weighted by Crippen LogP contribution is -1.68. The van der Waals surface area contributed by atoms with Crippen molar-refractivity contribution in [2.75, 3.05) is 0 Å². The molecule has 0 saturated heterocycles. The molecule has 0 amide bonds. The Balaban J connectivity index is 2.88. The summed E-state index contributed by atoms with van der Waals surface area (Å²) in [5.74, 6) is 0. The fraction of sp³-hybridized carbons (Fsp3) is 0. The van der Waals surface area contributed by atoms with Crippen molar-refractivity contribution >= 4 is 0 Å². The molecule has 0 aromatic rings. The Labute approximate surface area is 47.0 Å². The molecule has 0 aromatic carbocycles. The summed E-state index contributed by atoms with van der Waals surface area (Å²) < 4.78 is 0. The standard InChI is InChI=1S/C6N2/c7-3-6(4-8)5-1-2-5. The van der Waals surface area contributed by atoms with Crippen molar-refractivity contribution in [1.29, 1.82) is 10.5 Å². The van der Waals surface area contributed by atoms with Gasteiger partial charge in [0.2, 0.25) is 0 Å². The fourth-order valence-corrected chi connectivity index (χ4v) is 0.293. The number of nitriles is 2. The molecule has 0 saturated carbocycles. The Morgan fingerprint density at radius 1 is 1.25 bits per heavy atom. The first-order chi connectivity index (χ1) is 3.88. The Hall–Kier alpha value is -1.54. The minimum Gasteiger partial charge on any atom is -0.192 e. The normalized spacial score (nSPS) is 12.0. The van der Waals surface area contributed by atoms with Crippen LogP contribution in [0.3, 0.4) is 0 Å². The Morgan fingerprint density at radius 2 is 1.75 bits per heavy atom. The van der Waals surface area contributed by atoms with E-state index in [1.165, 1.54) is 0 Å². The highest BCUT2D eigenvalue weighted by molar-refractivity contribution is 5.51. The van der Waals surface area contributed by atoms with Gasteiger partial charge in [-0.3, -0.25) is 0 Å². The molecule has 1 rings (SSSR count). The third-order valence-electron chi connectivity index (χ3n) is 0.724. The molecule has 0 heterocycles. The van der Waals surface area contributed by atoms with Crippen LogP contribution in [0.1, 0.15) is 0 Å². The highest BCUT2D eigenvalue weighted by Crippen LogP contribution is 2.15. The third-order valence-corrected chi connectivity index (χ3v) is 0.724. The van der Waals surface area contributed by atoms with Gasteiger partial charge >= 0.3 is 0 Å². The summed E-state index contributed by atoms with van der Waals surface area (Å²) in [6.45, 7) is 0. The van der Waals surface area contributed by atoms with Crippen LogP contribution < -0.4 is 0 Å². The van der Waals surface area contributed by atoms with Gasteiger partial charge in [-0.25, -0.2) is 0 Å². The summed E-state index contributed by atoms with van der Waals surface area (Å²) in [6.07, 6.45) is 5.04. The monoisotopic (exact) mass is 100 g/mol. The lowest BCUT2D eigenvalue weighted by atomic mass is 10.3. The minimum absolute atomic E-state index is 0.102. The zero-order chi connectivity index (χ0) is 5.98. The van der Waals surface area contributed by atoms with Gasteiger partial charge in [-0.15, -0.1) is 0 Å². The van der Waals surface area contributed by atoms with E-state index in [0.29, 0.717) is 5.57 Å². The second-order valence-corrected chi connectivity index (χ2v) is 1.22. The van der Waals surface area contributed by atoms with Crippen LogP contribution in [-0.4, -0.2) is 0 Å². The van der Waals surface area contributed by atoms with Gasteiger partial charge in [0, 0.05) is 17.7 Å². The highest BCUT2D eigenvalue weighted by atomic mass is 14.3. The average molecular weight is 100 g/mol. The zero-order valence-electron chi connectivity index (χ0n) is 3.89. The van der Waals surface area contributed by atoms with Crippen LogP contribution in [-0.2, 0) is 0 Å². The van der Waals surface area contributed by atoms with Crippen LogP contribution >= 0.6 is 0 Å². The van der Waals surface area contributed by atoms with Gasteiger partial charge < -0.3 is 0 Å². The quantitative estimate of drug-likeness (QED) is 0.416. The molecule has 0 aliphatic heterocycles. The maximum Gasteiger partial charge on any atom is 0.138 e. The largest absolute Gasteiger partial charge is 0.192 e. The molecule has 8 heavy (non-hydrogen) atoms. The first-order valence-corrected chi connectivity index (χ1v) is 1.95. The molecule has 0 unspecified atom stereocenters. The summed E-state index contributed by atoms with van der Waals surface area (Å²) in [6, 6.07) is 3.41. The van der Waals surface area contributed by atoms with E-state index in [2.05, 4.69) is 12.2 Å². The molecule has 2 nitrogen and oxygen atoms in total. The van der Waals surface area contributed by atoms with Gasteiger partial charge in [0.15, 0.2) is 0 Å². The van der Waals surface area contributed by atoms with Gasteiger partial charge in [0.1, 0.15) is 17.7 Å². The van der Waals surface area contributed by atoms with Gasteiger partial charge in [0.25, 0.3) is 0 Å². The van der Waals surface area contributed by atoms with Crippen LogP contribution in [0.5, 0.6) is 0 Å². The first-order valence-electron chi connectivity index (χ1n) is 1.95. The lowest BCUT2D eigenvalue weighted by Gasteiger charge is -1.69. The molecule has 34 valence electrons. The molecule has 0 atom stereocenters. The van der Waals surface area contributed by atoms with E-state index >= 15 is 0 Å². The van der Waals surface area contributed by atoms with Crippen LogP contribution in [0.25, 0.3) is 0 Å². The summed E-state index contributed by atoms with van der Waals surface area (Å²) >= 11 is 0. The molecule has 0 N–H and O–H groups in total. The highest BCUT2D eigenvalue weighted by Gasteiger charge is 2.08. The van der Waals surface area contributed by atoms with Crippen molar-refractivity contribution in [2.24, 2.45) is 0 Å². The molecule has 0 spiro atoms. The molecule has 1 aliphatic rings. The maximum absolute atomic E-state index is 8.13. The summed E-state index contributed by atoms with van der Waals surface area (Å²) in [5, 5.41) is 16.3. The minimum atomic E-state index is 0.102. The van der Waals surface area contributed by atoms with Gasteiger partial charge in [-0.05, 0) is 0 Å². The molecular formula is C6N2. The van der Waals surface area contributed by atoms with E-state index in [0.717, 1.165) is 0 Å². The Kier molecular flexibility index (Phi) is 0.875. The molecule has 2 heteroatoms. The smallest absolute Gasteiger partial charge is 0.138 e. The molecular weight excluding hydrogens is 100 g/mol. The average Bonchev–Trinajstić information content (AvgIpc) is 2.53. The van der Waals surface area contributed by atoms with Gasteiger partial charge in [0.05, 0.1) is 0 Å². The van der Waals surface area contributed by atoms with Crippen molar-refractivity contribution < 1.29 is 0 Å². The van der Waals surface area contributed by atoms with E-state index in [-0.39, 0.29) is 5.57 Å². The van der Waals surface area contributed by atoms with Gasteiger partial charge in [-0.2, -0.15) is 10.5 Å². The summed E-state index contributed by atoms with van der Waals surface area (Å²) in [4.78, 5) is 0. The molecule has 0 fully saturated rings. The van der Waals surface area contributed by atoms with E-state index < -0.39 is 0 Å². The fourth-order valence-electron chi connectivity index (χ4n) is 0.293. The number of allylic oxidation sites excluding steroid dienone is 4. The topological polar surface area (TPSA) is 47.6 Å². The molecule has 0 bridgehead atoms. The van der Waals surface area contributed by atoms with Crippen molar-refractivity contribution in [3.05, 3.63) is 23.3 Å². The van der Waals surface area contributed by atoms with Crippen LogP contribution in [0.2, 0.25) is 0 Å². The van der Waals surface area contributed by atoms with Crippen molar-refractivity contribution in [2.45, 2.75) is 0 Å². The Morgan fingerprint density at radius 3 is 1.88 bits per heavy atom. The zero-order valence-corrected chi connectivity index (χ0v) is 3.89. The van der Waals surface area contributed by atoms with Gasteiger partial charge in [-0.1, -0.05) is 0 Å². The number of hydrogen-bond acceptors (Lipinski definition) is 2. The molecule has 2 radical (unpaired) electrons. The van der Waals surface area contributed by atoms with E-state index in [1.807, 2.05) is 0 Å². The van der Waals surface area contributed by atoms with Crippen molar-refractivity contribution in [3.8, 4) is 12.1 Å². The predicted octanol–water partition coefficient (Wildman–Crippen LogP) is 0.506. The lowest BCUT2D eigenvalue weighted by molar-refractivity contribution is 1.46. The predicted molar refractivity (Wildman–Crippen MR) is 24.7 cm³/mol. The number of rotatable bonds is 0. The SMILES string of the molecule is N#CC(C#N)=C1[C]=[C]1. The number of nitrogens with zero attached hydrogens (tertiary/aromatic N) is 2. The summed E-state index contributed by atoms with van der Waals surface area (Å²) in [7, 11) is 0. The van der Waals surface area contributed by atoms with E-state index in [1.54, 1.807) is 12.1 Å². The Bertz CT molecular complexity index is 221. The molecule has 1 aliphatic carbocycles. The van der Waals surface area contributed by atoms with Crippen LogP contribution in [0.15, 0.2) is 11.1 Å². The maximum atomic E-state index is 8.13. The van der Waals surface area contributed by atoms with Crippen LogP contribution in [0.4, 0.5) is 0 Å². The second kappa shape index (κ2) is 1.52. The third kappa shape index (κ3) is 0.597.